The number of sulfonamides is 1. The van der Waals surface area contributed by atoms with E-state index in [2.05, 4.69) is 4.72 Å². The average molecular weight is 288 g/mol. The van der Waals surface area contributed by atoms with Gasteiger partial charge in [0.1, 0.15) is 12.2 Å². The Balaban J connectivity index is 3.61. The van der Waals surface area contributed by atoms with Crippen molar-refractivity contribution in [1.29, 1.82) is 0 Å². The van der Waals surface area contributed by atoms with Crippen molar-refractivity contribution in [2.45, 2.75) is 27.3 Å². The van der Waals surface area contributed by atoms with E-state index in [0.29, 0.717) is 16.8 Å². The molecule has 0 aliphatic heterocycles. The van der Waals surface area contributed by atoms with E-state index in [9.17, 15) is 18.0 Å². The Morgan fingerprint density at radius 2 is 1.79 bits per heavy atom. The smallest absolute Gasteiger partial charge is 0.323 e. The summed E-state index contributed by atoms with van der Waals surface area (Å²) in [5.41, 5.74) is 0.908. The van der Waals surface area contributed by atoms with Gasteiger partial charge in [-0.05, 0) is 31.9 Å². The van der Waals surface area contributed by atoms with E-state index in [1.807, 2.05) is 0 Å². The van der Waals surface area contributed by atoms with Crippen LogP contribution in [-0.2, 0) is 21.4 Å². The fourth-order valence-electron chi connectivity index (χ4n) is 1.74. The molecule has 0 bridgehead atoms. The molecule has 0 spiro atoms. The van der Waals surface area contributed by atoms with Gasteiger partial charge < -0.3 is 5.11 Å². The minimum atomic E-state index is -3.61. The summed E-state index contributed by atoms with van der Waals surface area (Å²) < 4.78 is 25.7. The monoisotopic (exact) mass is 288 g/mol. The second-order valence-corrected chi connectivity index (χ2v) is 6.12. The third-order valence-corrected chi connectivity index (χ3v) is 3.50. The van der Waals surface area contributed by atoms with Crippen LogP contribution < -0.4 is 10.3 Å². The molecule has 0 fully saturated rings. The largest absolute Gasteiger partial charge is 0.480 e. The molecule has 7 nitrogen and oxygen atoms in total. The maximum Gasteiger partial charge on any atom is 0.323 e. The van der Waals surface area contributed by atoms with Gasteiger partial charge in [0.05, 0.1) is 6.26 Å². The van der Waals surface area contributed by atoms with Gasteiger partial charge in [-0.1, -0.05) is 0 Å². The number of pyridine rings is 1. The lowest BCUT2D eigenvalue weighted by Gasteiger charge is -2.16. The molecule has 0 radical (unpaired) electrons. The lowest BCUT2D eigenvalue weighted by molar-refractivity contribution is -0.137. The van der Waals surface area contributed by atoms with E-state index in [0.717, 1.165) is 10.8 Å². The molecule has 1 rings (SSSR count). The lowest BCUT2D eigenvalue weighted by Crippen LogP contribution is -2.31. The first-order valence-corrected chi connectivity index (χ1v) is 7.34. The molecule has 1 heterocycles. The Hall–Kier alpha value is -1.83. The third-order valence-electron chi connectivity index (χ3n) is 2.92. The van der Waals surface area contributed by atoms with Crippen molar-refractivity contribution in [1.82, 2.24) is 4.57 Å². The molecular formula is C11H16N2O5S. The van der Waals surface area contributed by atoms with Crippen LogP contribution in [0.3, 0.4) is 0 Å². The Morgan fingerprint density at radius 1 is 1.26 bits per heavy atom. The second-order valence-electron chi connectivity index (χ2n) is 4.37. The van der Waals surface area contributed by atoms with Crippen LogP contribution in [0.25, 0.3) is 0 Å². The maximum absolute atomic E-state index is 12.1. The normalized spacial score (nSPS) is 11.4. The van der Waals surface area contributed by atoms with E-state index in [1.54, 1.807) is 20.8 Å². The molecule has 0 saturated carbocycles. The van der Waals surface area contributed by atoms with Gasteiger partial charge in [-0.25, -0.2) is 8.42 Å². The zero-order valence-corrected chi connectivity index (χ0v) is 12.0. The van der Waals surface area contributed by atoms with Crippen LogP contribution in [0.4, 0.5) is 5.69 Å². The third kappa shape index (κ3) is 3.34. The van der Waals surface area contributed by atoms with E-state index in [4.69, 9.17) is 5.11 Å². The minimum Gasteiger partial charge on any atom is -0.480 e. The molecule has 1 aromatic heterocycles. The molecule has 19 heavy (non-hydrogen) atoms. The SMILES string of the molecule is Cc1c(C)c(C)n(CC(=O)O)c(=O)c1NS(C)(=O)=O. The van der Waals surface area contributed by atoms with Crippen LogP contribution in [0.1, 0.15) is 16.8 Å². The predicted molar refractivity (Wildman–Crippen MR) is 71.0 cm³/mol. The van der Waals surface area contributed by atoms with Crippen LogP contribution in [0.2, 0.25) is 0 Å². The molecule has 0 aliphatic rings. The highest BCUT2D eigenvalue weighted by molar-refractivity contribution is 7.92. The second kappa shape index (κ2) is 5.04. The highest BCUT2D eigenvalue weighted by atomic mass is 32.2. The molecule has 106 valence electrons. The summed E-state index contributed by atoms with van der Waals surface area (Å²) in [5.74, 6) is -1.17. The number of carbonyl (C=O) groups is 1. The first-order chi connectivity index (χ1) is 8.54. The van der Waals surface area contributed by atoms with Crippen molar-refractivity contribution in [2.24, 2.45) is 0 Å². The number of carboxylic acids is 1. The van der Waals surface area contributed by atoms with E-state index in [-0.39, 0.29) is 5.69 Å². The van der Waals surface area contributed by atoms with Crippen molar-refractivity contribution < 1.29 is 18.3 Å². The number of aliphatic carboxylic acids is 1. The summed E-state index contributed by atoms with van der Waals surface area (Å²) in [6.07, 6.45) is 0.933. The molecule has 1 aromatic rings. The highest BCUT2D eigenvalue weighted by Gasteiger charge is 2.18. The van der Waals surface area contributed by atoms with E-state index >= 15 is 0 Å². The molecule has 0 saturated heterocycles. The van der Waals surface area contributed by atoms with Crippen molar-refractivity contribution in [3.8, 4) is 0 Å². The zero-order valence-electron chi connectivity index (χ0n) is 11.1. The number of carboxylic acid groups (broad SMARTS) is 1. The van der Waals surface area contributed by atoms with Crippen LogP contribution in [-0.4, -0.2) is 30.3 Å². The summed E-state index contributed by atoms with van der Waals surface area (Å²) in [7, 11) is -3.61. The van der Waals surface area contributed by atoms with Gasteiger partial charge in [-0.15, -0.1) is 0 Å². The summed E-state index contributed by atoms with van der Waals surface area (Å²) in [4.78, 5) is 22.9. The molecule has 2 N–H and O–H groups in total. The van der Waals surface area contributed by atoms with Crippen LogP contribution in [0.5, 0.6) is 0 Å². The fourth-order valence-corrected chi connectivity index (χ4v) is 2.35. The number of nitrogens with zero attached hydrogens (tertiary/aromatic N) is 1. The number of rotatable bonds is 4. The Morgan fingerprint density at radius 3 is 2.21 bits per heavy atom. The first kappa shape index (κ1) is 15.2. The van der Waals surface area contributed by atoms with Gasteiger partial charge in [0.25, 0.3) is 5.56 Å². The standard InChI is InChI=1S/C11H16N2O5S/c1-6-7(2)10(12-19(4,17)18)11(16)13(8(6)3)5-9(14)15/h12H,5H2,1-4H3,(H,14,15). The van der Waals surface area contributed by atoms with Crippen LogP contribution in [0, 0.1) is 20.8 Å². The van der Waals surface area contributed by atoms with Gasteiger partial charge in [0.15, 0.2) is 0 Å². The Kier molecular flexibility index (Phi) is 4.04. The molecule has 0 unspecified atom stereocenters. The summed E-state index contributed by atoms with van der Waals surface area (Å²) in [5, 5.41) is 8.80. The van der Waals surface area contributed by atoms with E-state index < -0.39 is 28.1 Å². The first-order valence-electron chi connectivity index (χ1n) is 5.44. The molecular weight excluding hydrogens is 272 g/mol. The summed E-state index contributed by atoms with van der Waals surface area (Å²) >= 11 is 0. The van der Waals surface area contributed by atoms with Crippen molar-refractivity contribution in [3.63, 3.8) is 0 Å². The minimum absolute atomic E-state index is 0.105. The maximum atomic E-state index is 12.1. The number of anilines is 1. The van der Waals surface area contributed by atoms with E-state index in [1.165, 1.54) is 0 Å². The van der Waals surface area contributed by atoms with Crippen molar-refractivity contribution in [3.05, 3.63) is 27.2 Å². The zero-order chi connectivity index (χ0) is 15.0. The van der Waals surface area contributed by atoms with Gasteiger partial charge in [0.2, 0.25) is 10.0 Å². The molecule has 0 amide bonds. The topological polar surface area (TPSA) is 105 Å². The predicted octanol–water partition coefficient (Wildman–Crippen LogP) is 0.230. The Bertz CT molecular complexity index is 688. The fraction of sp³-hybridized carbons (Fsp3) is 0.455. The van der Waals surface area contributed by atoms with Gasteiger partial charge in [-0.3, -0.25) is 18.9 Å². The number of nitrogens with one attached hydrogen (secondary N) is 1. The summed E-state index contributed by atoms with van der Waals surface area (Å²) in [6.45, 7) is 4.43. The molecule has 8 heteroatoms. The highest BCUT2D eigenvalue weighted by Crippen LogP contribution is 2.18. The molecule has 0 atom stereocenters. The van der Waals surface area contributed by atoms with Gasteiger partial charge >= 0.3 is 5.97 Å². The lowest BCUT2D eigenvalue weighted by atomic mass is 10.1. The van der Waals surface area contributed by atoms with Crippen molar-refractivity contribution >= 4 is 21.7 Å². The average Bonchev–Trinajstić information content (AvgIpc) is 2.26. The quantitative estimate of drug-likeness (QED) is 0.825. The van der Waals surface area contributed by atoms with Crippen LogP contribution >= 0.6 is 0 Å². The molecule has 0 aromatic carbocycles. The Labute approximate surface area is 110 Å². The molecule has 0 aliphatic carbocycles. The van der Waals surface area contributed by atoms with Gasteiger partial charge in [-0.2, -0.15) is 0 Å². The number of hydrogen-bond donors (Lipinski definition) is 2. The summed E-state index contributed by atoms with van der Waals surface area (Å²) in [6, 6.07) is 0. The van der Waals surface area contributed by atoms with Crippen LogP contribution in [0.15, 0.2) is 4.79 Å². The van der Waals surface area contributed by atoms with Crippen molar-refractivity contribution in [2.75, 3.05) is 11.0 Å². The number of hydrogen-bond acceptors (Lipinski definition) is 4. The van der Waals surface area contributed by atoms with Gasteiger partial charge in [0, 0.05) is 5.69 Å². The number of aromatic nitrogens is 1.